The Kier molecular flexibility index (Phi) is 4.17. The molecule has 0 spiro atoms. The zero-order valence-corrected chi connectivity index (χ0v) is 10.5. The largest absolute Gasteiger partial charge is 0.460 e. The van der Waals surface area contributed by atoms with Gasteiger partial charge in [0, 0.05) is 0 Å². The topological polar surface area (TPSA) is 9.23 Å². The minimum atomic E-state index is -8.24. The molecule has 0 aromatic heterocycles. The Morgan fingerprint density at radius 1 is 0.520 bits per heavy atom. The smallest absolute Gasteiger partial charge is 0.267 e. The normalized spacial score (nSPS) is 29.8. The predicted molar refractivity (Wildman–Crippen MR) is 40.7 cm³/mol. The van der Waals surface area contributed by atoms with Crippen molar-refractivity contribution in [2.45, 2.75) is 47.8 Å². The summed E-state index contributed by atoms with van der Waals surface area (Å²) in [6, 6.07) is 0. The van der Waals surface area contributed by atoms with Crippen LogP contribution in [0.4, 0.5) is 70.2 Å². The molecular weight excluding hydrogens is 416 g/mol. The molecular formula is C8F16O. The van der Waals surface area contributed by atoms with Crippen molar-refractivity contribution in [2.24, 2.45) is 0 Å². The van der Waals surface area contributed by atoms with Crippen LogP contribution in [-0.2, 0) is 4.74 Å². The van der Waals surface area contributed by atoms with Crippen LogP contribution < -0.4 is 0 Å². The van der Waals surface area contributed by atoms with Gasteiger partial charge in [-0.25, -0.2) is 0 Å². The van der Waals surface area contributed by atoms with Crippen LogP contribution in [0.2, 0.25) is 0 Å². The van der Waals surface area contributed by atoms with E-state index in [0.29, 0.717) is 0 Å². The van der Waals surface area contributed by atoms with Gasteiger partial charge in [0.25, 0.3) is 0 Å². The quantitative estimate of drug-likeness (QED) is 0.588. The summed E-state index contributed by atoms with van der Waals surface area (Å²) in [6.07, 6.45) is -14.6. The molecule has 25 heavy (non-hydrogen) atoms. The maximum absolute atomic E-state index is 13.4. The lowest BCUT2D eigenvalue weighted by Gasteiger charge is -2.39. The second-order valence-electron chi connectivity index (χ2n) is 4.58. The number of ether oxygens (including phenoxy) is 1. The maximum Gasteiger partial charge on any atom is 0.460 e. The van der Waals surface area contributed by atoms with Crippen molar-refractivity contribution in [2.75, 3.05) is 0 Å². The third-order valence-corrected chi connectivity index (χ3v) is 2.98. The Balaban J connectivity index is 3.68. The van der Waals surface area contributed by atoms with Crippen LogP contribution in [0.1, 0.15) is 0 Å². The monoisotopic (exact) mass is 416 g/mol. The third-order valence-electron chi connectivity index (χ3n) is 2.98. The van der Waals surface area contributed by atoms with Crippen molar-refractivity contribution in [1.82, 2.24) is 0 Å². The van der Waals surface area contributed by atoms with Gasteiger partial charge in [0.05, 0.1) is 0 Å². The highest BCUT2D eigenvalue weighted by molar-refractivity contribution is 5.18. The molecule has 0 saturated carbocycles. The summed E-state index contributed by atoms with van der Waals surface area (Å²) in [5.74, 6) is -47.0. The number of alkyl halides is 16. The van der Waals surface area contributed by atoms with Gasteiger partial charge >= 0.3 is 47.8 Å². The van der Waals surface area contributed by atoms with Gasteiger partial charge in [-0.1, -0.05) is 0 Å². The van der Waals surface area contributed by atoms with Gasteiger partial charge in [0.2, 0.25) is 0 Å². The highest BCUT2D eigenvalue weighted by atomic mass is 19.4. The molecule has 17 heteroatoms. The standard InChI is InChI=1S/C8F16O/c9-1(10,4(15,16)7(20,21)22)2(11,12)6(19)3(13,14)5(17,18)8(23,24)25-6/t6-/m1/s1. The lowest BCUT2D eigenvalue weighted by Crippen LogP contribution is -2.72. The molecule has 1 aliphatic heterocycles. The molecule has 0 bridgehead atoms. The lowest BCUT2D eigenvalue weighted by atomic mass is 9.92. The molecule has 150 valence electrons. The minimum Gasteiger partial charge on any atom is -0.267 e. The van der Waals surface area contributed by atoms with E-state index in [1.165, 1.54) is 0 Å². The molecule has 0 amide bonds. The molecule has 1 heterocycles. The molecule has 1 nitrogen and oxygen atoms in total. The lowest BCUT2D eigenvalue weighted by molar-refractivity contribution is -0.459. The van der Waals surface area contributed by atoms with E-state index in [1.54, 1.807) is 4.74 Å². The van der Waals surface area contributed by atoms with Crippen molar-refractivity contribution in [3.05, 3.63) is 0 Å². The first-order valence-corrected chi connectivity index (χ1v) is 5.18. The molecule has 1 atom stereocenters. The molecule has 0 radical (unpaired) electrons. The van der Waals surface area contributed by atoms with E-state index < -0.39 is 47.8 Å². The zero-order chi connectivity index (χ0) is 20.7. The molecule has 0 aromatic carbocycles. The first-order chi connectivity index (χ1) is 10.5. The van der Waals surface area contributed by atoms with Crippen LogP contribution in [0, 0.1) is 0 Å². The van der Waals surface area contributed by atoms with Crippen molar-refractivity contribution in [3.63, 3.8) is 0 Å². The van der Waals surface area contributed by atoms with Gasteiger partial charge in [-0.15, -0.1) is 0 Å². The van der Waals surface area contributed by atoms with Crippen LogP contribution in [-0.4, -0.2) is 47.8 Å². The molecule has 1 fully saturated rings. The van der Waals surface area contributed by atoms with Gasteiger partial charge in [-0.05, 0) is 0 Å². The predicted octanol–water partition coefficient (Wildman–Crippen LogP) is 5.01. The summed E-state index contributed by atoms with van der Waals surface area (Å²) >= 11 is 0. The van der Waals surface area contributed by atoms with Crippen molar-refractivity contribution in [1.29, 1.82) is 0 Å². The van der Waals surface area contributed by atoms with Crippen molar-refractivity contribution < 1.29 is 75.0 Å². The van der Waals surface area contributed by atoms with Gasteiger partial charge in [-0.2, -0.15) is 70.2 Å². The van der Waals surface area contributed by atoms with E-state index in [0.717, 1.165) is 0 Å². The average molecular weight is 416 g/mol. The molecule has 0 N–H and O–H groups in total. The zero-order valence-electron chi connectivity index (χ0n) is 10.5. The Morgan fingerprint density at radius 3 is 1.12 bits per heavy atom. The van der Waals surface area contributed by atoms with E-state index in [9.17, 15) is 70.2 Å². The fourth-order valence-electron chi connectivity index (χ4n) is 1.53. The summed E-state index contributed by atoms with van der Waals surface area (Å²) in [5.41, 5.74) is 0. The van der Waals surface area contributed by atoms with E-state index in [2.05, 4.69) is 0 Å². The van der Waals surface area contributed by atoms with Crippen LogP contribution in [0.25, 0.3) is 0 Å². The summed E-state index contributed by atoms with van der Waals surface area (Å²) in [6.45, 7) is 0. The summed E-state index contributed by atoms with van der Waals surface area (Å²) < 4.78 is 203. The van der Waals surface area contributed by atoms with E-state index in [4.69, 9.17) is 0 Å². The Morgan fingerprint density at radius 2 is 0.880 bits per heavy atom. The molecule has 1 aliphatic rings. The fourth-order valence-corrected chi connectivity index (χ4v) is 1.53. The van der Waals surface area contributed by atoms with Crippen molar-refractivity contribution >= 4 is 0 Å². The molecule has 1 rings (SSSR count). The second-order valence-corrected chi connectivity index (χ2v) is 4.58. The third kappa shape index (κ3) is 2.16. The second kappa shape index (κ2) is 4.76. The van der Waals surface area contributed by atoms with Crippen LogP contribution in [0.15, 0.2) is 0 Å². The Hall–Kier alpha value is -1.16. The maximum atomic E-state index is 13.4. The SMILES string of the molecule is FC(F)(F)C(F)(F)C(F)(F)C(F)(F)[C@@]1(F)OC(F)(F)C(F)(F)C1(F)F. The first kappa shape index (κ1) is 21.9. The molecule has 0 unspecified atom stereocenters. The van der Waals surface area contributed by atoms with Crippen LogP contribution >= 0.6 is 0 Å². The van der Waals surface area contributed by atoms with Crippen LogP contribution in [0.5, 0.6) is 0 Å². The van der Waals surface area contributed by atoms with Gasteiger partial charge < -0.3 is 0 Å². The minimum absolute atomic E-state index is 1.60. The number of rotatable bonds is 3. The van der Waals surface area contributed by atoms with Gasteiger partial charge in [0.15, 0.2) is 0 Å². The number of hydrogen-bond acceptors (Lipinski definition) is 1. The van der Waals surface area contributed by atoms with Crippen molar-refractivity contribution in [3.8, 4) is 0 Å². The summed E-state index contributed by atoms with van der Waals surface area (Å²) in [7, 11) is 0. The van der Waals surface area contributed by atoms with Crippen LogP contribution in [0.3, 0.4) is 0 Å². The molecule has 1 saturated heterocycles. The Bertz CT molecular complexity index is 545. The van der Waals surface area contributed by atoms with E-state index in [-0.39, 0.29) is 0 Å². The first-order valence-electron chi connectivity index (χ1n) is 5.18. The van der Waals surface area contributed by atoms with E-state index >= 15 is 0 Å². The van der Waals surface area contributed by atoms with Gasteiger partial charge in [-0.3, -0.25) is 4.74 Å². The molecule has 0 aliphatic carbocycles. The summed E-state index contributed by atoms with van der Waals surface area (Å²) in [5, 5.41) is 0. The Labute approximate surface area is 124 Å². The number of hydrogen-bond donors (Lipinski definition) is 0. The summed E-state index contributed by atoms with van der Waals surface area (Å²) in [4.78, 5) is 0. The average Bonchev–Trinajstić information content (AvgIpc) is 2.43. The number of halogens is 16. The fraction of sp³-hybridized carbons (Fsp3) is 1.00. The molecule has 0 aromatic rings. The van der Waals surface area contributed by atoms with E-state index in [1.807, 2.05) is 0 Å². The van der Waals surface area contributed by atoms with Gasteiger partial charge in [0.1, 0.15) is 0 Å². The highest BCUT2D eigenvalue weighted by Crippen LogP contribution is 2.68. The highest BCUT2D eigenvalue weighted by Gasteiger charge is 3.00.